The van der Waals surface area contributed by atoms with Gasteiger partial charge in [0.25, 0.3) is 6.33 Å². The van der Waals surface area contributed by atoms with Crippen LogP contribution in [0.3, 0.4) is 0 Å². The molecule has 0 radical (unpaired) electrons. The smallest absolute Gasteiger partial charge is 0.0889 e. The normalized spacial score (nSPS) is 14.5. The van der Waals surface area contributed by atoms with Crippen LogP contribution in [-0.2, 0) is 31.9 Å². The SMILES string of the molecule is [2H]c1c([2H])c([2H])c(-c2cccc3c2-[n+]2[c-]n(-c4[c-]c(Oc5[c-]c6c(cc5)c5cc(-c7cc[c]8c(c7)C(C)(C)c7cccc[c]7[Ge]8([CH3])[CH3])ccc5n6-c5cc(C(C)(C)C)ccn5)ccc4)c4cccc(c42)-c2ccccc2-c2ccccc2-3)c([2H])c1[2H].[Pt]. The molecule has 400 valence electrons. The Labute approximate surface area is 503 Å². The van der Waals surface area contributed by atoms with Crippen molar-refractivity contribution in [1.82, 2.24) is 14.1 Å². The molecule has 0 N–H and O–H groups in total. The number of pyridine rings is 1. The number of para-hydroxylation sites is 2. The average molecular weight is 1300 g/mol. The first-order valence-electron chi connectivity index (χ1n) is 30.2. The maximum atomic E-state index is 9.27. The van der Waals surface area contributed by atoms with Gasteiger partial charge in [-0.1, -0.05) is 136 Å². The van der Waals surface area contributed by atoms with Gasteiger partial charge in [-0.05, 0) is 61.7 Å². The first kappa shape index (κ1) is 46.3. The van der Waals surface area contributed by atoms with Crippen molar-refractivity contribution in [3.05, 3.63) is 260 Å². The van der Waals surface area contributed by atoms with Crippen LogP contribution >= 0.6 is 0 Å². The molecule has 0 unspecified atom stereocenters. The van der Waals surface area contributed by atoms with Crippen LogP contribution in [0.1, 0.15) is 58.2 Å². The third-order valence-corrected chi connectivity index (χ3v) is 24.6. The summed E-state index contributed by atoms with van der Waals surface area (Å²) in [5.41, 5.74) is 17.1. The molecule has 0 amide bonds. The Morgan fingerprint density at radius 2 is 1.20 bits per heavy atom. The Kier molecular flexibility index (Phi) is 11.0. The number of nitrogens with zero attached hydrogens (tertiary/aromatic N) is 4. The molecule has 0 fully saturated rings. The standard InChI is InChI=1S/C75H58GeN4O.Pt/c1-74(2,3)51-40-41-77-71(44-51)80-68-39-35-49(50-34-38-67-65(43-50)75(4,5)64-31-15-16-32-66(64)76(67,6)7)42-63(68)60-37-36-54(46-70(60)80)81-53-23-17-22-52(45-53)78-47-79-72-55(48-20-9-8-10-21-48)28-18-29-61(72)58-26-13-11-24-56(58)57-25-12-14-27-59(57)62-30-19-33-69(78)73(62)79;/h8-44H,1-7H3;/q-2;/i8D,9D,10D,20D,21D;. The third kappa shape index (κ3) is 8.14. The molecule has 13 aromatic rings. The number of rotatable bonds is 6. The number of hydrogen-bond donors (Lipinski definition) is 0. The van der Waals surface area contributed by atoms with Crippen molar-refractivity contribution < 1.29 is 37.2 Å². The fourth-order valence-corrected chi connectivity index (χ4v) is 20.2. The molecule has 7 heteroatoms. The largest absolute Gasteiger partial charge is 0.173 e. The summed E-state index contributed by atoms with van der Waals surface area (Å²) in [4.78, 5) is 5.02. The molecule has 0 saturated carbocycles. The Balaban J connectivity index is 0.00000667. The fourth-order valence-electron chi connectivity index (χ4n) is 13.0. The second-order valence-electron chi connectivity index (χ2n) is 23.6. The van der Waals surface area contributed by atoms with Crippen LogP contribution in [0.25, 0.3) is 106 Å². The summed E-state index contributed by atoms with van der Waals surface area (Å²) in [7, 11) is 0. The summed E-state index contributed by atoms with van der Waals surface area (Å²) < 4.78 is 60.8. The first-order chi connectivity index (χ1) is 41.4. The summed E-state index contributed by atoms with van der Waals surface area (Å²) in [5, 5.41) is 2.11. The minimum absolute atomic E-state index is 0. The van der Waals surface area contributed by atoms with Crippen molar-refractivity contribution in [3.63, 3.8) is 0 Å². The molecule has 3 aromatic heterocycles. The number of fused-ring (bicyclic) bond motifs is 12. The zero-order chi connectivity index (χ0) is 59.3. The predicted molar refractivity (Wildman–Crippen MR) is 335 cm³/mol. The molecule has 10 aromatic carbocycles. The molecule has 0 atom stereocenters. The van der Waals surface area contributed by atoms with Crippen LogP contribution < -0.4 is 18.1 Å². The number of ether oxygens (including phenoxy) is 1. The van der Waals surface area contributed by atoms with Gasteiger partial charge in [-0.3, -0.25) is 4.57 Å². The first-order valence-corrected chi connectivity index (χ1v) is 34.0. The van der Waals surface area contributed by atoms with E-state index >= 15 is 0 Å². The van der Waals surface area contributed by atoms with Crippen LogP contribution in [0.5, 0.6) is 11.5 Å². The Morgan fingerprint density at radius 1 is 0.561 bits per heavy atom. The van der Waals surface area contributed by atoms with Crippen molar-refractivity contribution in [2.24, 2.45) is 0 Å². The van der Waals surface area contributed by atoms with Crippen LogP contribution in [0, 0.1) is 18.5 Å². The van der Waals surface area contributed by atoms with Gasteiger partial charge in [0.2, 0.25) is 0 Å². The van der Waals surface area contributed by atoms with E-state index in [4.69, 9.17) is 13.8 Å². The molecule has 0 saturated heterocycles. The predicted octanol–water partition coefficient (Wildman–Crippen LogP) is 17.0. The molecule has 5 heterocycles. The van der Waals surface area contributed by atoms with Crippen molar-refractivity contribution >= 4 is 54.9 Å². The summed E-state index contributed by atoms with van der Waals surface area (Å²) in [5.74, 6) is 6.81. The molecule has 0 spiro atoms. The van der Waals surface area contributed by atoms with Gasteiger partial charge in [-0.25, -0.2) is 0 Å². The average Bonchev–Trinajstić information content (AvgIpc) is 1.71. The Bertz CT molecular complexity index is 5030. The summed E-state index contributed by atoms with van der Waals surface area (Å²) in [6.45, 7) is 11.4. The van der Waals surface area contributed by atoms with Crippen LogP contribution in [-0.4, -0.2) is 27.4 Å². The number of aromatic nitrogens is 4. The van der Waals surface area contributed by atoms with Crippen molar-refractivity contribution in [1.29, 1.82) is 0 Å². The van der Waals surface area contributed by atoms with Gasteiger partial charge in [0.05, 0.1) is 23.6 Å². The minimum atomic E-state index is -2.59. The number of benzene rings is 10. The second kappa shape index (κ2) is 19.4. The summed E-state index contributed by atoms with van der Waals surface area (Å²) in [6, 6.07) is 71.4. The zero-order valence-corrected chi connectivity index (χ0v) is 50.9. The van der Waals surface area contributed by atoms with Crippen molar-refractivity contribution in [2.75, 3.05) is 0 Å². The van der Waals surface area contributed by atoms with Crippen LogP contribution in [0.4, 0.5) is 0 Å². The van der Waals surface area contributed by atoms with Gasteiger partial charge >= 0.3 is 219 Å². The third-order valence-electron chi connectivity index (χ3n) is 17.1. The molecule has 5 nitrogen and oxygen atoms in total. The fraction of sp³-hybridized carbons (Fsp3) is 0.120. The van der Waals surface area contributed by atoms with Crippen LogP contribution in [0.15, 0.2) is 224 Å². The molecule has 0 bridgehead atoms. The summed E-state index contributed by atoms with van der Waals surface area (Å²) >= 11 is -2.59. The van der Waals surface area contributed by atoms with Gasteiger partial charge in [-0.2, -0.15) is 12.1 Å². The second-order valence-corrected chi connectivity index (χ2v) is 32.7. The molecule has 82 heavy (non-hydrogen) atoms. The molecular formula is C75H58GeN4OPt-2. The quantitative estimate of drug-likeness (QED) is 0.0945. The molecular weight excluding hydrogens is 1240 g/mol. The maximum Gasteiger partial charge on any atom is 0.0889 e. The molecule has 15 rings (SSSR count). The van der Waals surface area contributed by atoms with Gasteiger partial charge in [0, 0.05) is 26.8 Å². The van der Waals surface area contributed by atoms with E-state index in [-0.39, 0.29) is 49.5 Å². The van der Waals surface area contributed by atoms with Crippen molar-refractivity contribution in [2.45, 2.75) is 57.0 Å². The van der Waals surface area contributed by atoms with E-state index in [0.29, 0.717) is 28.4 Å². The maximum absolute atomic E-state index is 9.27. The molecule has 2 aliphatic rings. The van der Waals surface area contributed by atoms with Gasteiger partial charge in [0.1, 0.15) is 0 Å². The zero-order valence-electron chi connectivity index (χ0n) is 51.5. The van der Waals surface area contributed by atoms with Gasteiger partial charge < -0.3 is 4.57 Å². The van der Waals surface area contributed by atoms with Crippen LogP contribution in [0.2, 0.25) is 11.5 Å². The van der Waals surface area contributed by atoms with E-state index in [0.717, 1.165) is 77.6 Å². The van der Waals surface area contributed by atoms with E-state index in [1.807, 2.05) is 88.1 Å². The van der Waals surface area contributed by atoms with E-state index in [9.17, 15) is 2.74 Å². The number of imidazole rings is 1. The van der Waals surface area contributed by atoms with E-state index in [1.165, 1.54) is 22.3 Å². The van der Waals surface area contributed by atoms with Gasteiger partial charge in [0.15, 0.2) is 0 Å². The topological polar surface area (TPSA) is 35.9 Å². The number of hydrogen-bond acceptors (Lipinski definition) is 2. The summed E-state index contributed by atoms with van der Waals surface area (Å²) in [6.07, 6.45) is 5.64. The van der Waals surface area contributed by atoms with E-state index < -0.39 is 31.4 Å². The monoisotopic (exact) mass is 1300 g/mol. The molecule has 0 aliphatic carbocycles. The minimum Gasteiger partial charge on any atom is -0.173 e. The van der Waals surface area contributed by atoms with E-state index in [1.54, 1.807) is 8.79 Å². The molecule has 2 aliphatic heterocycles. The Morgan fingerprint density at radius 3 is 1.98 bits per heavy atom. The van der Waals surface area contributed by atoms with Crippen molar-refractivity contribution in [3.8, 4) is 84.3 Å². The van der Waals surface area contributed by atoms with E-state index in [2.05, 4.69) is 184 Å². The Hall–Kier alpha value is -8.35. The van der Waals surface area contributed by atoms with Gasteiger partial charge in [-0.15, -0.1) is 12.1 Å².